The van der Waals surface area contributed by atoms with Crippen molar-refractivity contribution in [2.45, 2.75) is 11.8 Å². The zero-order valence-corrected chi connectivity index (χ0v) is 13.4. The number of methoxy groups -OCH3 is 1. The molecule has 0 spiro atoms. The molecule has 1 aliphatic rings. The maximum Gasteiger partial charge on any atom is 0.127 e. The standard InChI is InChI=1S/C16H14BrClO2/c1-19-14-5-3-2-4-12(14)15(18)13-9-11(17)8-10-6-7-20-16(10)13/h2-5,8-9,15H,6-7H2,1H3. The Morgan fingerprint density at radius 1 is 1.25 bits per heavy atom. The Labute approximate surface area is 131 Å². The number of halogens is 2. The first-order chi connectivity index (χ1) is 9.70. The van der Waals surface area contributed by atoms with Gasteiger partial charge in [0.1, 0.15) is 11.5 Å². The Morgan fingerprint density at radius 2 is 2.05 bits per heavy atom. The summed E-state index contributed by atoms with van der Waals surface area (Å²) in [6.07, 6.45) is 0.928. The van der Waals surface area contributed by atoms with Gasteiger partial charge in [0.05, 0.1) is 19.1 Å². The topological polar surface area (TPSA) is 18.5 Å². The normalized spacial score (nSPS) is 14.6. The molecule has 3 rings (SSSR count). The van der Waals surface area contributed by atoms with E-state index in [0.29, 0.717) is 6.61 Å². The van der Waals surface area contributed by atoms with Gasteiger partial charge in [-0.15, -0.1) is 11.6 Å². The minimum absolute atomic E-state index is 0.296. The fraction of sp³-hybridized carbons (Fsp3) is 0.250. The second-order valence-electron chi connectivity index (χ2n) is 4.69. The van der Waals surface area contributed by atoms with Gasteiger partial charge in [-0.25, -0.2) is 0 Å². The minimum Gasteiger partial charge on any atom is -0.496 e. The van der Waals surface area contributed by atoms with Gasteiger partial charge in [-0.1, -0.05) is 34.1 Å². The lowest BCUT2D eigenvalue weighted by molar-refractivity contribution is 0.353. The number of benzene rings is 2. The van der Waals surface area contributed by atoms with E-state index in [-0.39, 0.29) is 5.38 Å². The van der Waals surface area contributed by atoms with Crippen molar-refractivity contribution >= 4 is 27.5 Å². The molecule has 104 valence electrons. The van der Waals surface area contributed by atoms with E-state index in [1.165, 1.54) is 5.56 Å². The van der Waals surface area contributed by atoms with Crippen molar-refractivity contribution in [2.24, 2.45) is 0 Å². The van der Waals surface area contributed by atoms with Crippen LogP contribution in [0.25, 0.3) is 0 Å². The van der Waals surface area contributed by atoms with Crippen LogP contribution in [0.1, 0.15) is 22.1 Å². The summed E-state index contributed by atoms with van der Waals surface area (Å²) in [5.74, 6) is 1.71. The molecule has 0 saturated carbocycles. The van der Waals surface area contributed by atoms with E-state index in [1.807, 2.05) is 30.3 Å². The number of ether oxygens (including phenoxy) is 2. The highest BCUT2D eigenvalue weighted by atomic mass is 79.9. The first-order valence-corrected chi connectivity index (χ1v) is 7.65. The van der Waals surface area contributed by atoms with Gasteiger partial charge in [0.15, 0.2) is 0 Å². The van der Waals surface area contributed by atoms with Crippen LogP contribution in [-0.4, -0.2) is 13.7 Å². The van der Waals surface area contributed by atoms with Crippen molar-refractivity contribution in [3.05, 3.63) is 57.6 Å². The molecule has 1 atom stereocenters. The molecule has 0 amide bonds. The lowest BCUT2D eigenvalue weighted by atomic mass is 10.00. The molecule has 0 saturated heterocycles. The summed E-state index contributed by atoms with van der Waals surface area (Å²) in [5, 5.41) is -0.296. The van der Waals surface area contributed by atoms with Gasteiger partial charge >= 0.3 is 0 Å². The highest BCUT2D eigenvalue weighted by molar-refractivity contribution is 9.10. The largest absolute Gasteiger partial charge is 0.496 e. The molecule has 2 aromatic rings. The van der Waals surface area contributed by atoms with Crippen molar-refractivity contribution in [2.75, 3.05) is 13.7 Å². The van der Waals surface area contributed by atoms with Crippen molar-refractivity contribution < 1.29 is 9.47 Å². The maximum absolute atomic E-state index is 6.69. The second kappa shape index (κ2) is 5.66. The Kier molecular flexibility index (Phi) is 3.90. The summed E-state index contributed by atoms with van der Waals surface area (Å²) in [6, 6.07) is 11.9. The van der Waals surface area contributed by atoms with E-state index >= 15 is 0 Å². The molecule has 0 fully saturated rings. The fourth-order valence-electron chi connectivity index (χ4n) is 2.53. The van der Waals surface area contributed by atoms with Crippen LogP contribution in [0.15, 0.2) is 40.9 Å². The van der Waals surface area contributed by atoms with Gasteiger partial charge in [0.25, 0.3) is 0 Å². The number of fused-ring (bicyclic) bond motifs is 1. The molecule has 1 unspecified atom stereocenters. The molecule has 2 nitrogen and oxygen atoms in total. The Bertz CT molecular complexity index is 642. The average Bonchev–Trinajstić information content (AvgIpc) is 2.93. The van der Waals surface area contributed by atoms with Crippen LogP contribution in [-0.2, 0) is 6.42 Å². The predicted molar refractivity (Wildman–Crippen MR) is 84.0 cm³/mol. The molecule has 20 heavy (non-hydrogen) atoms. The van der Waals surface area contributed by atoms with E-state index < -0.39 is 0 Å². The molecule has 0 N–H and O–H groups in total. The minimum atomic E-state index is -0.296. The lowest BCUT2D eigenvalue weighted by Crippen LogP contribution is -2.00. The van der Waals surface area contributed by atoms with E-state index in [0.717, 1.165) is 33.5 Å². The van der Waals surface area contributed by atoms with Crippen molar-refractivity contribution in [1.29, 1.82) is 0 Å². The Balaban J connectivity index is 2.09. The Hall–Kier alpha value is -1.19. The van der Waals surface area contributed by atoms with Gasteiger partial charge in [-0.3, -0.25) is 0 Å². The van der Waals surface area contributed by atoms with Crippen LogP contribution in [0.5, 0.6) is 11.5 Å². The smallest absolute Gasteiger partial charge is 0.127 e. The summed E-state index contributed by atoms with van der Waals surface area (Å²) in [6.45, 7) is 0.717. The summed E-state index contributed by atoms with van der Waals surface area (Å²) in [4.78, 5) is 0. The number of hydrogen-bond acceptors (Lipinski definition) is 2. The second-order valence-corrected chi connectivity index (χ2v) is 6.04. The molecule has 2 aromatic carbocycles. The lowest BCUT2D eigenvalue weighted by Gasteiger charge is -2.17. The zero-order valence-electron chi connectivity index (χ0n) is 11.0. The first kappa shape index (κ1) is 13.8. The molecule has 0 aromatic heterocycles. The van der Waals surface area contributed by atoms with E-state index in [9.17, 15) is 0 Å². The van der Waals surface area contributed by atoms with Crippen LogP contribution in [0.4, 0.5) is 0 Å². The van der Waals surface area contributed by atoms with Crippen molar-refractivity contribution in [3.63, 3.8) is 0 Å². The molecule has 4 heteroatoms. The van der Waals surface area contributed by atoms with Crippen molar-refractivity contribution in [3.8, 4) is 11.5 Å². The molecule has 1 aliphatic heterocycles. The predicted octanol–water partition coefficient (Wildman–Crippen LogP) is 4.72. The quantitative estimate of drug-likeness (QED) is 0.743. The summed E-state index contributed by atoms with van der Waals surface area (Å²) < 4.78 is 12.2. The van der Waals surface area contributed by atoms with Crippen LogP contribution in [0, 0.1) is 0 Å². The summed E-state index contributed by atoms with van der Waals surface area (Å²) in [5.41, 5.74) is 3.14. The van der Waals surface area contributed by atoms with Gasteiger partial charge in [0, 0.05) is 22.0 Å². The van der Waals surface area contributed by atoms with Crippen LogP contribution < -0.4 is 9.47 Å². The van der Waals surface area contributed by atoms with Crippen LogP contribution >= 0.6 is 27.5 Å². The van der Waals surface area contributed by atoms with Gasteiger partial charge in [0.2, 0.25) is 0 Å². The summed E-state index contributed by atoms with van der Waals surface area (Å²) >= 11 is 10.2. The number of rotatable bonds is 3. The maximum atomic E-state index is 6.69. The first-order valence-electron chi connectivity index (χ1n) is 6.43. The fourth-order valence-corrected chi connectivity index (χ4v) is 3.39. The van der Waals surface area contributed by atoms with E-state index in [1.54, 1.807) is 7.11 Å². The summed E-state index contributed by atoms with van der Waals surface area (Å²) in [7, 11) is 1.66. The SMILES string of the molecule is COc1ccccc1C(Cl)c1cc(Br)cc2c1OCC2. The van der Waals surface area contributed by atoms with Gasteiger partial charge in [-0.2, -0.15) is 0 Å². The molecule has 0 radical (unpaired) electrons. The third kappa shape index (κ3) is 2.40. The zero-order chi connectivity index (χ0) is 14.1. The third-order valence-electron chi connectivity index (χ3n) is 3.46. The number of alkyl halides is 1. The van der Waals surface area contributed by atoms with Gasteiger partial charge in [-0.05, 0) is 23.8 Å². The molecule has 0 bridgehead atoms. The van der Waals surface area contributed by atoms with Crippen LogP contribution in [0.2, 0.25) is 0 Å². The molecule has 1 heterocycles. The molecular formula is C16H14BrClO2. The highest BCUT2D eigenvalue weighted by Gasteiger charge is 2.24. The third-order valence-corrected chi connectivity index (χ3v) is 4.39. The number of para-hydroxylation sites is 1. The van der Waals surface area contributed by atoms with E-state index in [2.05, 4.69) is 22.0 Å². The van der Waals surface area contributed by atoms with Crippen LogP contribution in [0.3, 0.4) is 0 Å². The monoisotopic (exact) mass is 352 g/mol. The number of hydrogen-bond donors (Lipinski definition) is 0. The Morgan fingerprint density at radius 3 is 2.85 bits per heavy atom. The molecule has 0 aliphatic carbocycles. The molecular weight excluding hydrogens is 340 g/mol. The van der Waals surface area contributed by atoms with E-state index in [4.69, 9.17) is 21.1 Å². The average molecular weight is 354 g/mol. The highest BCUT2D eigenvalue weighted by Crippen LogP contribution is 2.43. The van der Waals surface area contributed by atoms with Gasteiger partial charge < -0.3 is 9.47 Å². The van der Waals surface area contributed by atoms with Crippen molar-refractivity contribution in [1.82, 2.24) is 0 Å².